The van der Waals surface area contributed by atoms with Crippen molar-refractivity contribution in [2.24, 2.45) is 5.41 Å². The summed E-state index contributed by atoms with van der Waals surface area (Å²) in [6, 6.07) is 6.04. The number of hydrogen-bond donors (Lipinski definition) is 2. The summed E-state index contributed by atoms with van der Waals surface area (Å²) in [7, 11) is 1.66. The van der Waals surface area contributed by atoms with E-state index in [0.717, 1.165) is 31.0 Å². The van der Waals surface area contributed by atoms with Crippen LogP contribution in [0.4, 0.5) is 0 Å². The van der Waals surface area contributed by atoms with Crippen LogP contribution in [-0.2, 0) is 6.54 Å². The molecule has 20 heavy (non-hydrogen) atoms. The summed E-state index contributed by atoms with van der Waals surface area (Å²) in [4.78, 5) is 0. The Labute approximate surface area is 121 Å². The zero-order valence-electron chi connectivity index (χ0n) is 12.4. The summed E-state index contributed by atoms with van der Waals surface area (Å²) in [6.07, 6.45) is 3.37. The van der Waals surface area contributed by atoms with Crippen molar-refractivity contribution >= 4 is 0 Å². The molecule has 1 aliphatic carbocycles. The van der Waals surface area contributed by atoms with Crippen LogP contribution in [0.15, 0.2) is 18.2 Å². The summed E-state index contributed by atoms with van der Waals surface area (Å²) in [5.41, 5.74) is 1.54. The Morgan fingerprint density at radius 1 is 1.30 bits per heavy atom. The van der Waals surface area contributed by atoms with Crippen LogP contribution in [-0.4, -0.2) is 32.0 Å². The second-order valence-corrected chi connectivity index (χ2v) is 5.50. The molecule has 0 spiro atoms. The Kier molecular flexibility index (Phi) is 5.26. The smallest absolute Gasteiger partial charge is 0.161 e. The molecule has 1 aromatic rings. The maximum atomic E-state index is 9.05. The minimum Gasteiger partial charge on any atom is -0.493 e. The molecule has 0 heterocycles. The van der Waals surface area contributed by atoms with Crippen LogP contribution >= 0.6 is 0 Å². The van der Waals surface area contributed by atoms with Gasteiger partial charge in [0.25, 0.3) is 0 Å². The van der Waals surface area contributed by atoms with Gasteiger partial charge in [0, 0.05) is 19.7 Å². The van der Waals surface area contributed by atoms with E-state index in [9.17, 15) is 0 Å². The molecule has 1 fully saturated rings. The highest BCUT2D eigenvalue weighted by Gasteiger charge is 2.41. The molecule has 112 valence electrons. The van der Waals surface area contributed by atoms with Gasteiger partial charge in [-0.05, 0) is 49.3 Å². The van der Waals surface area contributed by atoms with E-state index in [-0.39, 0.29) is 0 Å². The van der Waals surface area contributed by atoms with Crippen LogP contribution in [0.2, 0.25) is 0 Å². The molecule has 0 saturated heterocycles. The molecule has 1 saturated carbocycles. The zero-order chi connectivity index (χ0) is 14.4. The fourth-order valence-corrected chi connectivity index (χ4v) is 2.50. The van der Waals surface area contributed by atoms with Crippen LogP contribution in [0.1, 0.15) is 31.7 Å². The van der Waals surface area contributed by atoms with Gasteiger partial charge < -0.3 is 19.9 Å². The van der Waals surface area contributed by atoms with Crippen LogP contribution < -0.4 is 14.8 Å². The highest BCUT2D eigenvalue weighted by atomic mass is 16.5. The normalized spacial score (nSPS) is 15.9. The molecule has 2 rings (SSSR count). The summed E-state index contributed by atoms with van der Waals surface area (Å²) in [5, 5.41) is 12.5. The molecular formula is C16H25NO3. The van der Waals surface area contributed by atoms with Gasteiger partial charge in [-0.15, -0.1) is 0 Å². The van der Waals surface area contributed by atoms with Crippen molar-refractivity contribution in [1.29, 1.82) is 0 Å². The lowest BCUT2D eigenvalue weighted by molar-refractivity contribution is 0.245. The SMILES string of the molecule is CCOc1ccc(CNCC2(CCO)CC2)cc1OC. The lowest BCUT2D eigenvalue weighted by Crippen LogP contribution is -2.24. The first-order chi connectivity index (χ1) is 9.73. The van der Waals surface area contributed by atoms with Gasteiger partial charge in [0.1, 0.15) is 0 Å². The van der Waals surface area contributed by atoms with E-state index in [1.165, 1.54) is 18.4 Å². The first-order valence-corrected chi connectivity index (χ1v) is 7.34. The van der Waals surface area contributed by atoms with Gasteiger partial charge in [-0.2, -0.15) is 0 Å². The number of aliphatic hydroxyl groups is 1. The Bertz CT molecular complexity index is 430. The lowest BCUT2D eigenvalue weighted by atomic mass is 10.0. The molecule has 0 radical (unpaired) electrons. The van der Waals surface area contributed by atoms with Gasteiger partial charge in [0.2, 0.25) is 0 Å². The topological polar surface area (TPSA) is 50.7 Å². The van der Waals surface area contributed by atoms with Gasteiger partial charge in [-0.25, -0.2) is 0 Å². The van der Waals surface area contributed by atoms with Crippen LogP contribution in [0.3, 0.4) is 0 Å². The fraction of sp³-hybridized carbons (Fsp3) is 0.625. The van der Waals surface area contributed by atoms with Gasteiger partial charge in [-0.3, -0.25) is 0 Å². The number of benzene rings is 1. The number of rotatable bonds is 9. The molecule has 4 nitrogen and oxygen atoms in total. The Balaban J connectivity index is 1.86. The van der Waals surface area contributed by atoms with E-state index in [2.05, 4.69) is 11.4 Å². The van der Waals surface area contributed by atoms with Crippen molar-refractivity contribution in [2.75, 3.05) is 26.9 Å². The maximum Gasteiger partial charge on any atom is 0.161 e. The van der Waals surface area contributed by atoms with E-state index >= 15 is 0 Å². The molecule has 1 aliphatic rings. The van der Waals surface area contributed by atoms with E-state index in [1.807, 2.05) is 19.1 Å². The minimum absolute atomic E-state index is 0.290. The molecule has 0 aromatic heterocycles. The second kappa shape index (κ2) is 6.95. The molecule has 0 amide bonds. The lowest BCUT2D eigenvalue weighted by Gasteiger charge is -2.15. The Morgan fingerprint density at radius 2 is 2.10 bits per heavy atom. The van der Waals surface area contributed by atoms with Crippen LogP contribution in [0, 0.1) is 5.41 Å². The minimum atomic E-state index is 0.290. The number of hydrogen-bond acceptors (Lipinski definition) is 4. The summed E-state index contributed by atoms with van der Waals surface area (Å²) >= 11 is 0. The third-order valence-electron chi connectivity index (χ3n) is 3.96. The number of nitrogens with one attached hydrogen (secondary N) is 1. The van der Waals surface area contributed by atoms with Crippen molar-refractivity contribution in [1.82, 2.24) is 5.32 Å². The third-order valence-corrected chi connectivity index (χ3v) is 3.96. The highest BCUT2D eigenvalue weighted by molar-refractivity contribution is 5.42. The summed E-state index contributed by atoms with van der Waals surface area (Å²) < 4.78 is 10.9. The van der Waals surface area contributed by atoms with E-state index < -0.39 is 0 Å². The second-order valence-electron chi connectivity index (χ2n) is 5.50. The first kappa shape index (κ1) is 15.1. The highest BCUT2D eigenvalue weighted by Crippen LogP contribution is 2.47. The van der Waals surface area contributed by atoms with Crippen molar-refractivity contribution in [3.05, 3.63) is 23.8 Å². The number of aliphatic hydroxyl groups excluding tert-OH is 1. The molecule has 0 unspecified atom stereocenters. The monoisotopic (exact) mass is 279 g/mol. The zero-order valence-corrected chi connectivity index (χ0v) is 12.4. The van der Waals surface area contributed by atoms with E-state index in [1.54, 1.807) is 7.11 Å². The van der Waals surface area contributed by atoms with Crippen molar-refractivity contribution in [3.63, 3.8) is 0 Å². The van der Waals surface area contributed by atoms with Crippen LogP contribution in [0.25, 0.3) is 0 Å². The summed E-state index contributed by atoms with van der Waals surface area (Å²) in [5.74, 6) is 1.57. The molecule has 0 aliphatic heterocycles. The maximum absolute atomic E-state index is 9.05. The molecule has 4 heteroatoms. The quantitative estimate of drug-likeness (QED) is 0.728. The van der Waals surface area contributed by atoms with Crippen molar-refractivity contribution in [2.45, 2.75) is 32.7 Å². The molecule has 0 atom stereocenters. The standard InChI is InChI=1S/C16H25NO3/c1-3-20-14-5-4-13(10-15(14)19-2)11-17-12-16(6-7-16)8-9-18/h4-5,10,17-18H,3,6-9,11-12H2,1-2H3. The Hall–Kier alpha value is -1.26. The van der Waals surface area contributed by atoms with E-state index in [0.29, 0.717) is 18.6 Å². The number of ether oxygens (including phenoxy) is 2. The molecule has 0 bridgehead atoms. The predicted octanol–water partition coefficient (Wildman–Crippen LogP) is 2.35. The molecular weight excluding hydrogens is 254 g/mol. The first-order valence-electron chi connectivity index (χ1n) is 7.34. The van der Waals surface area contributed by atoms with Crippen molar-refractivity contribution < 1.29 is 14.6 Å². The van der Waals surface area contributed by atoms with Gasteiger partial charge in [0.15, 0.2) is 11.5 Å². The largest absolute Gasteiger partial charge is 0.493 e. The van der Waals surface area contributed by atoms with Crippen molar-refractivity contribution in [3.8, 4) is 11.5 Å². The predicted molar refractivity (Wildman–Crippen MR) is 79.2 cm³/mol. The fourth-order valence-electron chi connectivity index (χ4n) is 2.50. The third kappa shape index (κ3) is 3.87. The molecule has 1 aromatic carbocycles. The van der Waals surface area contributed by atoms with Crippen LogP contribution in [0.5, 0.6) is 11.5 Å². The number of methoxy groups -OCH3 is 1. The van der Waals surface area contributed by atoms with Gasteiger partial charge >= 0.3 is 0 Å². The Morgan fingerprint density at radius 3 is 2.70 bits per heavy atom. The summed E-state index contributed by atoms with van der Waals surface area (Å²) in [6.45, 7) is 4.68. The van der Waals surface area contributed by atoms with Gasteiger partial charge in [-0.1, -0.05) is 6.07 Å². The molecule has 2 N–H and O–H groups in total. The average molecular weight is 279 g/mol. The average Bonchev–Trinajstić information content (AvgIpc) is 3.21. The van der Waals surface area contributed by atoms with E-state index in [4.69, 9.17) is 14.6 Å². The van der Waals surface area contributed by atoms with Gasteiger partial charge in [0.05, 0.1) is 13.7 Å².